The second-order valence-corrected chi connectivity index (χ2v) is 19.6. The highest BCUT2D eigenvalue weighted by atomic mass is 16.3. The fraction of sp³-hybridized carbons (Fsp3) is 0.625. The van der Waals surface area contributed by atoms with Crippen molar-refractivity contribution in [1.29, 1.82) is 0 Å². The molecule has 372 valence electrons. The number of carbonyl (C=O) groups is 8. The van der Waals surface area contributed by atoms with Crippen LogP contribution in [0.2, 0.25) is 0 Å². The van der Waals surface area contributed by atoms with Gasteiger partial charge in [-0.3, -0.25) is 38.5 Å². The highest BCUT2D eigenvalue weighted by Gasteiger charge is 2.45. The van der Waals surface area contributed by atoms with E-state index in [4.69, 9.17) is 0 Å². The second kappa shape index (κ2) is 24.7. The molecule has 3 aliphatic rings. The highest BCUT2D eigenvalue weighted by Crippen LogP contribution is 2.30. The maximum Gasteiger partial charge on any atom is 0.321 e. The number of benzene rings is 1. The van der Waals surface area contributed by atoms with Gasteiger partial charge in [0.15, 0.2) is 6.10 Å². The average Bonchev–Trinajstić information content (AvgIpc) is 4.02. The number of para-hydroxylation sites is 1. The number of likely N-dealkylation sites (N-methyl/N-ethyl adjacent to an activating group) is 1. The monoisotopic (exact) mass is 946 g/mol. The topological polar surface area (TPSA) is 273 Å². The van der Waals surface area contributed by atoms with Crippen LogP contribution >= 0.6 is 0 Å². The third kappa shape index (κ3) is 14.7. The maximum atomic E-state index is 14.5. The minimum absolute atomic E-state index is 0.0315. The largest absolute Gasteiger partial charge is 0.381 e. The standard InChI is InChI=1S/C48H71N11O9/c1-7-16-33(39(61)44(65)51-26-36(60)55-38(46(67)58(5)6)30-19-14-15-20-30)53-41(62)32-27-59(47(68)52-31-21-12-9-13-22-31)28-35(32)54-45(66)40(48(2,3)4)57-43(64)37(29-17-10-8-11-18-29)56-42(63)34-25-49-23-24-50-34/h9,12-13,21-25,29-30,32-33,35,37-40,61H,7-8,10-11,14-20,26-28H2,1-6H3,(H,51,65)(H,52,68)(H,53,62)(H,54,66)(H,55,60)(H,56,63)(H,57,64)/t32-,33+,35+,37+,38+,39?,40-/m1/s1. The molecule has 2 saturated carbocycles. The lowest BCUT2D eigenvalue weighted by atomic mass is 9.82. The zero-order chi connectivity index (χ0) is 49.5. The molecule has 1 unspecified atom stereocenters. The van der Waals surface area contributed by atoms with Crippen LogP contribution in [0.3, 0.4) is 0 Å². The van der Waals surface area contributed by atoms with E-state index in [0.717, 1.165) is 44.9 Å². The minimum Gasteiger partial charge on any atom is -0.381 e. The van der Waals surface area contributed by atoms with E-state index >= 15 is 0 Å². The summed E-state index contributed by atoms with van der Waals surface area (Å²) in [4.78, 5) is 120. The maximum absolute atomic E-state index is 14.5. The third-order valence-corrected chi connectivity index (χ3v) is 13.1. The predicted molar refractivity (Wildman–Crippen MR) is 252 cm³/mol. The summed E-state index contributed by atoms with van der Waals surface area (Å²) in [6.45, 7) is 6.33. The van der Waals surface area contributed by atoms with Gasteiger partial charge in [-0.2, -0.15) is 0 Å². The van der Waals surface area contributed by atoms with E-state index in [1.807, 2.05) is 0 Å². The quantitative estimate of drug-likeness (QED) is 0.101. The van der Waals surface area contributed by atoms with Crippen LogP contribution in [0.5, 0.6) is 0 Å². The molecule has 0 radical (unpaired) electrons. The molecule has 2 aliphatic carbocycles. The number of aliphatic hydroxyl groups excluding tert-OH is 1. The minimum atomic E-state index is -1.79. The van der Waals surface area contributed by atoms with Gasteiger partial charge in [-0.25, -0.2) is 9.78 Å². The highest BCUT2D eigenvalue weighted by molar-refractivity contribution is 5.98. The van der Waals surface area contributed by atoms with E-state index in [1.165, 1.54) is 28.4 Å². The van der Waals surface area contributed by atoms with Crippen LogP contribution < -0.4 is 37.2 Å². The number of hydrogen-bond acceptors (Lipinski definition) is 11. The van der Waals surface area contributed by atoms with Gasteiger partial charge in [0.1, 0.15) is 23.8 Å². The van der Waals surface area contributed by atoms with Crippen molar-refractivity contribution in [2.24, 2.45) is 23.2 Å². The Morgan fingerprint density at radius 1 is 0.794 bits per heavy atom. The van der Waals surface area contributed by atoms with Gasteiger partial charge in [-0.1, -0.05) is 84.4 Å². The molecule has 2 heterocycles. The van der Waals surface area contributed by atoms with Crippen LogP contribution in [0.1, 0.15) is 109 Å². The lowest BCUT2D eigenvalue weighted by molar-refractivity contribution is -0.137. The van der Waals surface area contributed by atoms with Crippen molar-refractivity contribution in [3.63, 3.8) is 0 Å². The number of aliphatic hydroxyl groups is 1. The fourth-order valence-corrected chi connectivity index (χ4v) is 9.31. The number of urea groups is 1. The van der Waals surface area contributed by atoms with Crippen molar-refractivity contribution in [2.45, 2.75) is 135 Å². The Balaban J connectivity index is 1.31. The smallest absolute Gasteiger partial charge is 0.321 e. The zero-order valence-corrected chi connectivity index (χ0v) is 40.2. The molecule has 2 aromatic rings. The lowest BCUT2D eigenvalue weighted by Crippen LogP contribution is -2.61. The molecule has 20 heteroatoms. The molecule has 8 N–H and O–H groups in total. The van der Waals surface area contributed by atoms with Gasteiger partial charge >= 0.3 is 6.03 Å². The first-order valence-corrected chi connectivity index (χ1v) is 23.9. The molecule has 0 spiro atoms. The van der Waals surface area contributed by atoms with Gasteiger partial charge < -0.3 is 52.1 Å². The Morgan fingerprint density at radius 2 is 1.44 bits per heavy atom. The SMILES string of the molecule is CCC[C@H](NC(=O)[C@@H]1CN(C(=O)Nc2ccccc2)C[C@@H]1NC(=O)[C@@H](NC(=O)[C@@H](NC(=O)c1cnccn1)C1CCCCC1)C(C)(C)C)C(O)C(=O)NCC(=O)N[C@H](C(=O)N(C)C)C1CCCC1. The molecule has 9 amide bonds. The van der Waals surface area contributed by atoms with E-state index in [9.17, 15) is 43.5 Å². The zero-order valence-electron chi connectivity index (χ0n) is 40.2. The molecular formula is C48H71N11O9. The summed E-state index contributed by atoms with van der Waals surface area (Å²) in [6, 6.07) is 3.13. The van der Waals surface area contributed by atoms with E-state index in [0.29, 0.717) is 24.9 Å². The van der Waals surface area contributed by atoms with Gasteiger partial charge in [0.25, 0.3) is 11.8 Å². The van der Waals surface area contributed by atoms with Gasteiger partial charge in [0.05, 0.1) is 30.7 Å². The third-order valence-electron chi connectivity index (χ3n) is 13.1. The van der Waals surface area contributed by atoms with Crippen molar-refractivity contribution in [3.05, 3.63) is 54.6 Å². The number of nitrogens with zero attached hydrogens (tertiary/aromatic N) is 4. The molecule has 1 aromatic heterocycles. The summed E-state index contributed by atoms with van der Waals surface area (Å²) in [7, 11) is 3.22. The van der Waals surface area contributed by atoms with E-state index in [-0.39, 0.29) is 42.9 Å². The van der Waals surface area contributed by atoms with E-state index in [1.54, 1.807) is 72.1 Å². The number of aromatic nitrogens is 2. The van der Waals surface area contributed by atoms with Crippen molar-refractivity contribution in [2.75, 3.05) is 39.0 Å². The van der Waals surface area contributed by atoms with Crippen LogP contribution in [0.25, 0.3) is 0 Å². The number of anilines is 1. The normalized spacial score (nSPS) is 19.8. The summed E-state index contributed by atoms with van der Waals surface area (Å²) >= 11 is 0. The van der Waals surface area contributed by atoms with Gasteiger partial charge in [0, 0.05) is 45.3 Å². The molecule has 1 aromatic carbocycles. The first-order chi connectivity index (χ1) is 32.4. The molecule has 5 rings (SSSR count). The first kappa shape index (κ1) is 52.8. The molecule has 1 aliphatic heterocycles. The van der Waals surface area contributed by atoms with E-state index < -0.39 is 95.7 Å². The summed E-state index contributed by atoms with van der Waals surface area (Å²) in [5.74, 6) is -5.51. The van der Waals surface area contributed by atoms with Crippen molar-refractivity contribution in [1.82, 2.24) is 51.7 Å². The number of amides is 9. The summed E-state index contributed by atoms with van der Waals surface area (Å²) < 4.78 is 0. The number of nitrogens with one attached hydrogen (secondary N) is 7. The fourth-order valence-electron chi connectivity index (χ4n) is 9.31. The Bertz CT molecular complexity index is 2060. The van der Waals surface area contributed by atoms with Crippen LogP contribution in [0.4, 0.5) is 10.5 Å². The molecular weight excluding hydrogens is 875 g/mol. The van der Waals surface area contributed by atoms with Crippen LogP contribution in [0, 0.1) is 23.2 Å². The number of rotatable bonds is 19. The van der Waals surface area contributed by atoms with Crippen molar-refractivity contribution < 1.29 is 43.5 Å². The van der Waals surface area contributed by atoms with E-state index in [2.05, 4.69) is 47.2 Å². The van der Waals surface area contributed by atoms with Gasteiger partial charge in [-0.15, -0.1) is 0 Å². The molecule has 0 bridgehead atoms. The summed E-state index contributed by atoms with van der Waals surface area (Å²) in [5.41, 5.74) is -0.340. The molecule has 20 nitrogen and oxygen atoms in total. The Labute approximate surface area is 398 Å². The number of likely N-dealkylation sites (tertiary alicyclic amines) is 1. The number of hydrogen-bond donors (Lipinski definition) is 8. The van der Waals surface area contributed by atoms with Crippen LogP contribution in [-0.2, 0) is 28.8 Å². The lowest BCUT2D eigenvalue weighted by Gasteiger charge is -2.35. The Kier molecular flexibility index (Phi) is 19.2. The molecule has 3 fully saturated rings. The predicted octanol–water partition coefficient (Wildman–Crippen LogP) is 1.86. The Hall–Kier alpha value is -6.18. The molecule has 7 atom stereocenters. The van der Waals surface area contributed by atoms with Crippen LogP contribution in [0.15, 0.2) is 48.9 Å². The van der Waals surface area contributed by atoms with Crippen molar-refractivity contribution >= 4 is 53.1 Å². The average molecular weight is 946 g/mol. The first-order valence-electron chi connectivity index (χ1n) is 23.9. The molecule has 68 heavy (non-hydrogen) atoms. The summed E-state index contributed by atoms with van der Waals surface area (Å²) in [6.07, 6.45) is 10.5. The van der Waals surface area contributed by atoms with Gasteiger partial charge in [-0.05, 0) is 61.5 Å². The second-order valence-electron chi connectivity index (χ2n) is 19.6. The molecule has 1 saturated heterocycles. The summed E-state index contributed by atoms with van der Waals surface area (Å²) in [5, 5.41) is 30.8. The number of carbonyl (C=O) groups excluding carboxylic acids is 8. The van der Waals surface area contributed by atoms with Gasteiger partial charge in [0.2, 0.25) is 29.5 Å². The van der Waals surface area contributed by atoms with Crippen LogP contribution in [-0.4, -0.2) is 142 Å². The van der Waals surface area contributed by atoms with Crippen molar-refractivity contribution in [3.8, 4) is 0 Å². The Morgan fingerprint density at radius 3 is 2.04 bits per heavy atom.